The standard InChI is InChI=1S/C17H30N2/c1-14(2)16(12-18)13-19-17(3,4)11-10-15-8-6-5-7-9-15/h5-9,14,16,19H,10-13,18H2,1-4H3. The van der Waals surface area contributed by atoms with Crippen molar-refractivity contribution in [3.63, 3.8) is 0 Å². The van der Waals surface area contributed by atoms with Crippen molar-refractivity contribution >= 4 is 0 Å². The molecule has 0 radical (unpaired) electrons. The quantitative estimate of drug-likeness (QED) is 0.755. The molecule has 19 heavy (non-hydrogen) atoms. The summed E-state index contributed by atoms with van der Waals surface area (Å²) in [5.74, 6) is 1.21. The number of aryl methyl sites for hydroxylation is 1. The largest absolute Gasteiger partial charge is 0.330 e. The fraction of sp³-hybridized carbons (Fsp3) is 0.647. The molecule has 0 aliphatic heterocycles. The van der Waals surface area contributed by atoms with Crippen LogP contribution in [-0.2, 0) is 6.42 Å². The highest BCUT2D eigenvalue weighted by molar-refractivity contribution is 5.15. The van der Waals surface area contributed by atoms with Gasteiger partial charge in [0, 0.05) is 5.54 Å². The first-order chi connectivity index (χ1) is 8.94. The van der Waals surface area contributed by atoms with E-state index in [1.54, 1.807) is 0 Å². The maximum absolute atomic E-state index is 5.83. The number of rotatable bonds is 8. The predicted molar refractivity (Wildman–Crippen MR) is 84.2 cm³/mol. The highest BCUT2D eigenvalue weighted by Crippen LogP contribution is 2.15. The van der Waals surface area contributed by atoms with Crippen LogP contribution < -0.4 is 11.1 Å². The average Bonchev–Trinajstić information content (AvgIpc) is 2.38. The van der Waals surface area contributed by atoms with Crippen molar-refractivity contribution in [1.29, 1.82) is 0 Å². The van der Waals surface area contributed by atoms with Crippen molar-refractivity contribution in [2.75, 3.05) is 13.1 Å². The molecule has 2 nitrogen and oxygen atoms in total. The molecule has 1 aromatic rings. The van der Waals surface area contributed by atoms with E-state index in [9.17, 15) is 0 Å². The first-order valence-corrected chi connectivity index (χ1v) is 7.43. The van der Waals surface area contributed by atoms with Crippen molar-refractivity contribution in [1.82, 2.24) is 5.32 Å². The summed E-state index contributed by atoms with van der Waals surface area (Å²) in [6.07, 6.45) is 2.27. The minimum absolute atomic E-state index is 0.165. The molecule has 0 spiro atoms. The molecule has 1 aromatic carbocycles. The number of nitrogens with two attached hydrogens (primary N) is 1. The Balaban J connectivity index is 2.39. The first-order valence-electron chi connectivity index (χ1n) is 7.43. The van der Waals surface area contributed by atoms with Crippen molar-refractivity contribution in [2.45, 2.75) is 46.1 Å². The van der Waals surface area contributed by atoms with Gasteiger partial charge in [0.05, 0.1) is 0 Å². The zero-order valence-corrected chi connectivity index (χ0v) is 12.9. The zero-order chi connectivity index (χ0) is 14.3. The second-order valence-electron chi connectivity index (χ2n) is 6.49. The maximum atomic E-state index is 5.83. The lowest BCUT2D eigenvalue weighted by Gasteiger charge is -2.30. The molecule has 0 aliphatic carbocycles. The van der Waals surface area contributed by atoms with Crippen molar-refractivity contribution in [3.05, 3.63) is 35.9 Å². The van der Waals surface area contributed by atoms with E-state index in [0.717, 1.165) is 25.9 Å². The van der Waals surface area contributed by atoms with Gasteiger partial charge in [0.25, 0.3) is 0 Å². The molecule has 1 unspecified atom stereocenters. The van der Waals surface area contributed by atoms with E-state index in [2.05, 4.69) is 63.3 Å². The summed E-state index contributed by atoms with van der Waals surface area (Å²) in [6, 6.07) is 10.7. The molecule has 0 saturated heterocycles. The Morgan fingerprint density at radius 2 is 1.79 bits per heavy atom. The molecule has 3 N–H and O–H groups in total. The van der Waals surface area contributed by atoms with E-state index in [1.165, 1.54) is 5.56 Å². The Morgan fingerprint density at radius 3 is 2.32 bits per heavy atom. The minimum atomic E-state index is 0.165. The van der Waals surface area contributed by atoms with Crippen LogP contribution >= 0.6 is 0 Å². The number of hydrogen-bond acceptors (Lipinski definition) is 2. The Morgan fingerprint density at radius 1 is 1.16 bits per heavy atom. The molecule has 0 fully saturated rings. The number of benzene rings is 1. The van der Waals surface area contributed by atoms with E-state index >= 15 is 0 Å². The summed E-state index contributed by atoms with van der Waals surface area (Å²) in [5, 5.41) is 3.68. The van der Waals surface area contributed by atoms with E-state index < -0.39 is 0 Å². The molecule has 0 aromatic heterocycles. The Kier molecular flexibility index (Phi) is 6.53. The Hall–Kier alpha value is -0.860. The molecule has 0 bridgehead atoms. The Labute approximate surface area is 118 Å². The summed E-state index contributed by atoms with van der Waals surface area (Å²) in [5.41, 5.74) is 7.41. The van der Waals surface area contributed by atoms with E-state index in [1.807, 2.05) is 0 Å². The smallest absolute Gasteiger partial charge is 0.0128 e. The second kappa shape index (κ2) is 7.66. The van der Waals surface area contributed by atoms with Crippen LogP contribution in [0, 0.1) is 11.8 Å². The average molecular weight is 262 g/mol. The van der Waals surface area contributed by atoms with Gasteiger partial charge >= 0.3 is 0 Å². The molecule has 0 amide bonds. The molecule has 0 saturated carbocycles. The third kappa shape index (κ3) is 6.22. The van der Waals surface area contributed by atoms with E-state index in [0.29, 0.717) is 11.8 Å². The summed E-state index contributed by atoms with van der Waals surface area (Å²) >= 11 is 0. The number of hydrogen-bond donors (Lipinski definition) is 2. The number of nitrogens with one attached hydrogen (secondary N) is 1. The normalized spacial score (nSPS) is 13.8. The van der Waals surface area contributed by atoms with Gasteiger partial charge in [-0.05, 0) is 57.2 Å². The van der Waals surface area contributed by atoms with Gasteiger partial charge in [-0.15, -0.1) is 0 Å². The fourth-order valence-electron chi connectivity index (χ4n) is 2.19. The topological polar surface area (TPSA) is 38.0 Å². The predicted octanol–water partition coefficient (Wildman–Crippen LogP) is 3.22. The molecule has 1 atom stereocenters. The van der Waals surface area contributed by atoms with Crippen molar-refractivity contribution < 1.29 is 0 Å². The van der Waals surface area contributed by atoms with Gasteiger partial charge in [0.15, 0.2) is 0 Å². The van der Waals surface area contributed by atoms with E-state index in [-0.39, 0.29) is 5.54 Å². The van der Waals surface area contributed by atoms with Crippen LogP contribution in [-0.4, -0.2) is 18.6 Å². The van der Waals surface area contributed by atoms with Crippen molar-refractivity contribution in [3.8, 4) is 0 Å². The highest BCUT2D eigenvalue weighted by Gasteiger charge is 2.20. The summed E-state index contributed by atoms with van der Waals surface area (Å²) in [7, 11) is 0. The second-order valence-corrected chi connectivity index (χ2v) is 6.49. The lowest BCUT2D eigenvalue weighted by Crippen LogP contribution is -2.44. The first kappa shape index (κ1) is 16.2. The molecule has 2 heteroatoms. The van der Waals surface area contributed by atoms with Gasteiger partial charge < -0.3 is 11.1 Å². The van der Waals surface area contributed by atoms with Crippen LogP contribution in [0.5, 0.6) is 0 Å². The van der Waals surface area contributed by atoms with Gasteiger partial charge in [0.1, 0.15) is 0 Å². The van der Waals surface area contributed by atoms with Crippen LogP contribution in [0.25, 0.3) is 0 Å². The molecule has 1 rings (SSSR count). The maximum Gasteiger partial charge on any atom is 0.0128 e. The Bertz CT molecular complexity index is 344. The van der Waals surface area contributed by atoms with Gasteiger partial charge in [-0.3, -0.25) is 0 Å². The van der Waals surface area contributed by atoms with Crippen LogP contribution in [0.15, 0.2) is 30.3 Å². The minimum Gasteiger partial charge on any atom is -0.330 e. The van der Waals surface area contributed by atoms with Gasteiger partial charge in [-0.25, -0.2) is 0 Å². The molecular formula is C17H30N2. The fourth-order valence-corrected chi connectivity index (χ4v) is 2.19. The summed E-state index contributed by atoms with van der Waals surface area (Å²) in [6.45, 7) is 10.8. The monoisotopic (exact) mass is 262 g/mol. The van der Waals surface area contributed by atoms with Gasteiger partial charge in [-0.2, -0.15) is 0 Å². The van der Waals surface area contributed by atoms with Crippen LogP contribution in [0.2, 0.25) is 0 Å². The highest BCUT2D eigenvalue weighted by atomic mass is 15.0. The molecule has 108 valence electrons. The summed E-state index contributed by atoms with van der Waals surface area (Å²) in [4.78, 5) is 0. The van der Waals surface area contributed by atoms with Crippen molar-refractivity contribution in [2.24, 2.45) is 17.6 Å². The SMILES string of the molecule is CC(C)C(CN)CNC(C)(C)CCc1ccccc1. The molecule has 0 aliphatic rings. The van der Waals surface area contributed by atoms with Crippen LogP contribution in [0.4, 0.5) is 0 Å². The van der Waals surface area contributed by atoms with Gasteiger partial charge in [0.2, 0.25) is 0 Å². The van der Waals surface area contributed by atoms with Crippen LogP contribution in [0.3, 0.4) is 0 Å². The molecular weight excluding hydrogens is 232 g/mol. The lowest BCUT2D eigenvalue weighted by atomic mass is 9.91. The summed E-state index contributed by atoms with van der Waals surface area (Å²) < 4.78 is 0. The van der Waals surface area contributed by atoms with E-state index in [4.69, 9.17) is 5.73 Å². The third-order valence-corrected chi connectivity index (χ3v) is 3.97. The third-order valence-electron chi connectivity index (χ3n) is 3.97. The molecule has 0 heterocycles. The lowest BCUT2D eigenvalue weighted by molar-refractivity contribution is 0.294. The van der Waals surface area contributed by atoms with Gasteiger partial charge in [-0.1, -0.05) is 44.2 Å². The van der Waals surface area contributed by atoms with Crippen LogP contribution in [0.1, 0.15) is 39.7 Å². The zero-order valence-electron chi connectivity index (χ0n) is 12.9.